The van der Waals surface area contributed by atoms with Crippen LogP contribution in [0, 0.1) is 11.3 Å². The molecule has 0 radical (unpaired) electrons. The Morgan fingerprint density at radius 3 is 2.10 bits per heavy atom. The second-order valence-electron chi connectivity index (χ2n) is 4.15. The first kappa shape index (κ1) is 8.02. The van der Waals surface area contributed by atoms with Crippen LogP contribution in [0.3, 0.4) is 0 Å². The van der Waals surface area contributed by atoms with E-state index in [1.807, 2.05) is 6.92 Å². The number of hydrogen-bond donors (Lipinski definition) is 2. The van der Waals surface area contributed by atoms with Crippen LogP contribution in [0.4, 0.5) is 0 Å². The summed E-state index contributed by atoms with van der Waals surface area (Å²) in [6.45, 7) is 6.20. The van der Waals surface area contributed by atoms with Crippen molar-refractivity contribution < 1.29 is 5.11 Å². The Hall–Kier alpha value is -0.0800. The van der Waals surface area contributed by atoms with E-state index in [0.717, 1.165) is 6.42 Å². The highest BCUT2D eigenvalue weighted by molar-refractivity contribution is 5.00. The third-order valence-corrected chi connectivity index (χ3v) is 2.54. The Kier molecular flexibility index (Phi) is 1.77. The molecule has 0 aromatic carbocycles. The normalized spacial score (nSPS) is 35.1. The fourth-order valence-corrected chi connectivity index (χ4v) is 1.46. The van der Waals surface area contributed by atoms with Crippen molar-refractivity contribution in [1.82, 2.24) is 0 Å². The fourth-order valence-electron chi connectivity index (χ4n) is 1.46. The first-order chi connectivity index (χ1) is 4.45. The van der Waals surface area contributed by atoms with Crippen LogP contribution in [-0.2, 0) is 0 Å². The molecular weight excluding hydrogens is 126 g/mol. The van der Waals surface area contributed by atoms with Crippen molar-refractivity contribution in [2.24, 2.45) is 17.1 Å². The summed E-state index contributed by atoms with van der Waals surface area (Å²) in [4.78, 5) is 0. The predicted octanol–water partition coefficient (Wildman–Crippen LogP) is 0.741. The van der Waals surface area contributed by atoms with Crippen molar-refractivity contribution in [2.75, 3.05) is 0 Å². The molecule has 0 amide bonds. The van der Waals surface area contributed by atoms with Gasteiger partial charge < -0.3 is 10.8 Å². The molecule has 1 fully saturated rings. The lowest BCUT2D eigenvalue weighted by Crippen LogP contribution is -2.34. The molecule has 3 atom stereocenters. The first-order valence-electron chi connectivity index (χ1n) is 3.89. The van der Waals surface area contributed by atoms with Gasteiger partial charge in [0.2, 0.25) is 0 Å². The van der Waals surface area contributed by atoms with Crippen molar-refractivity contribution in [3.63, 3.8) is 0 Å². The van der Waals surface area contributed by atoms with Crippen molar-refractivity contribution in [2.45, 2.75) is 39.3 Å². The number of nitrogens with two attached hydrogens (primary N) is 1. The second kappa shape index (κ2) is 2.21. The molecule has 0 heterocycles. The van der Waals surface area contributed by atoms with Gasteiger partial charge >= 0.3 is 0 Å². The van der Waals surface area contributed by atoms with Gasteiger partial charge in [0.15, 0.2) is 0 Å². The predicted molar refractivity (Wildman–Crippen MR) is 41.5 cm³/mol. The number of hydrogen-bond acceptors (Lipinski definition) is 2. The van der Waals surface area contributed by atoms with Gasteiger partial charge in [-0.25, -0.2) is 0 Å². The number of aliphatic hydroxyl groups excluding tert-OH is 1. The van der Waals surface area contributed by atoms with Gasteiger partial charge in [-0.3, -0.25) is 0 Å². The van der Waals surface area contributed by atoms with Crippen LogP contribution in [0.15, 0.2) is 0 Å². The van der Waals surface area contributed by atoms with Crippen LogP contribution in [0.1, 0.15) is 27.2 Å². The Labute approximate surface area is 62.4 Å². The quantitative estimate of drug-likeness (QED) is 0.599. The lowest BCUT2D eigenvalue weighted by Gasteiger charge is -2.15. The summed E-state index contributed by atoms with van der Waals surface area (Å²) in [5.74, 6) is 0.437. The van der Waals surface area contributed by atoms with Gasteiger partial charge in [0.1, 0.15) is 0 Å². The average molecular weight is 143 g/mol. The summed E-state index contributed by atoms with van der Waals surface area (Å²) in [6.07, 6.45) is 0.824. The fraction of sp³-hybridized carbons (Fsp3) is 1.00. The lowest BCUT2D eigenvalue weighted by molar-refractivity contribution is 0.115. The summed E-state index contributed by atoms with van der Waals surface area (Å²) in [5.41, 5.74) is 5.89. The molecule has 2 unspecified atom stereocenters. The molecule has 0 aromatic rings. The molecular formula is C8H17NO. The van der Waals surface area contributed by atoms with Crippen LogP contribution < -0.4 is 5.73 Å². The maximum absolute atomic E-state index is 9.48. The largest absolute Gasteiger partial charge is 0.391 e. The highest BCUT2D eigenvalue weighted by atomic mass is 16.3. The van der Waals surface area contributed by atoms with E-state index in [-0.39, 0.29) is 12.1 Å². The lowest BCUT2D eigenvalue weighted by atomic mass is 10.0. The van der Waals surface area contributed by atoms with E-state index in [1.165, 1.54) is 0 Å². The Morgan fingerprint density at radius 2 is 2.00 bits per heavy atom. The SMILES string of the molecule is C[C@H](N)C(O)C1CC1(C)C. The maximum Gasteiger partial charge on any atom is 0.0721 e. The minimum atomic E-state index is -0.296. The summed E-state index contributed by atoms with van der Waals surface area (Å²) < 4.78 is 0. The van der Waals surface area contributed by atoms with Crippen molar-refractivity contribution >= 4 is 0 Å². The van der Waals surface area contributed by atoms with Crippen LogP contribution >= 0.6 is 0 Å². The zero-order valence-corrected chi connectivity index (χ0v) is 6.96. The highest BCUT2D eigenvalue weighted by Crippen LogP contribution is 2.53. The monoisotopic (exact) mass is 143 g/mol. The van der Waals surface area contributed by atoms with Gasteiger partial charge in [-0.2, -0.15) is 0 Å². The molecule has 60 valence electrons. The molecule has 0 bridgehead atoms. The molecule has 10 heavy (non-hydrogen) atoms. The highest BCUT2D eigenvalue weighted by Gasteiger charge is 2.50. The van der Waals surface area contributed by atoms with Crippen LogP contribution in [0.25, 0.3) is 0 Å². The standard InChI is InChI=1S/C8H17NO/c1-5(9)7(10)6-4-8(6,2)3/h5-7,10H,4,9H2,1-3H3/t5-,6?,7?/m0/s1. The summed E-state index contributed by atoms with van der Waals surface area (Å²) >= 11 is 0. The molecule has 3 N–H and O–H groups in total. The Balaban J connectivity index is 2.40. The van der Waals surface area contributed by atoms with Crippen LogP contribution in [0.5, 0.6) is 0 Å². The van der Waals surface area contributed by atoms with E-state index in [1.54, 1.807) is 0 Å². The topological polar surface area (TPSA) is 46.2 Å². The van der Waals surface area contributed by atoms with Gasteiger partial charge in [0, 0.05) is 6.04 Å². The van der Waals surface area contributed by atoms with E-state index in [9.17, 15) is 5.11 Å². The minimum absolute atomic E-state index is 0.0771. The first-order valence-corrected chi connectivity index (χ1v) is 3.89. The second-order valence-corrected chi connectivity index (χ2v) is 4.15. The van der Waals surface area contributed by atoms with Crippen LogP contribution in [-0.4, -0.2) is 17.3 Å². The van der Waals surface area contributed by atoms with E-state index in [2.05, 4.69) is 13.8 Å². The minimum Gasteiger partial charge on any atom is -0.391 e. The van der Waals surface area contributed by atoms with Gasteiger partial charge in [-0.05, 0) is 24.7 Å². The molecule has 1 rings (SSSR count). The van der Waals surface area contributed by atoms with Crippen molar-refractivity contribution in [1.29, 1.82) is 0 Å². The molecule has 1 aliphatic rings. The van der Waals surface area contributed by atoms with Gasteiger partial charge in [0.05, 0.1) is 6.10 Å². The van der Waals surface area contributed by atoms with Crippen LogP contribution in [0.2, 0.25) is 0 Å². The molecule has 0 saturated heterocycles. The summed E-state index contributed by atoms with van der Waals surface area (Å²) in [5, 5.41) is 9.48. The molecule has 0 spiro atoms. The zero-order valence-electron chi connectivity index (χ0n) is 6.96. The number of aliphatic hydroxyl groups is 1. The van der Waals surface area contributed by atoms with E-state index in [0.29, 0.717) is 11.3 Å². The van der Waals surface area contributed by atoms with Gasteiger partial charge in [-0.15, -0.1) is 0 Å². The average Bonchev–Trinajstić information content (AvgIpc) is 2.38. The molecule has 0 aromatic heterocycles. The Morgan fingerprint density at radius 1 is 1.60 bits per heavy atom. The summed E-state index contributed by atoms with van der Waals surface area (Å²) in [6, 6.07) is -0.0771. The smallest absolute Gasteiger partial charge is 0.0721 e. The van der Waals surface area contributed by atoms with E-state index >= 15 is 0 Å². The molecule has 0 aliphatic heterocycles. The third-order valence-electron chi connectivity index (χ3n) is 2.54. The molecule has 2 nitrogen and oxygen atoms in total. The molecule has 2 heteroatoms. The zero-order chi connectivity index (χ0) is 7.94. The van der Waals surface area contributed by atoms with Crippen molar-refractivity contribution in [3.8, 4) is 0 Å². The summed E-state index contributed by atoms with van der Waals surface area (Å²) in [7, 11) is 0. The van der Waals surface area contributed by atoms with Gasteiger partial charge in [-0.1, -0.05) is 13.8 Å². The number of rotatable bonds is 2. The third kappa shape index (κ3) is 1.32. The van der Waals surface area contributed by atoms with E-state index in [4.69, 9.17) is 5.73 Å². The maximum atomic E-state index is 9.48. The van der Waals surface area contributed by atoms with Crippen molar-refractivity contribution in [3.05, 3.63) is 0 Å². The van der Waals surface area contributed by atoms with Gasteiger partial charge in [0.25, 0.3) is 0 Å². The van der Waals surface area contributed by atoms with E-state index < -0.39 is 0 Å². The Bertz CT molecular complexity index is 131. The molecule has 1 saturated carbocycles. The molecule has 1 aliphatic carbocycles.